The zero-order valence-electron chi connectivity index (χ0n) is 12.7. The molecule has 22 heavy (non-hydrogen) atoms. The Balaban J connectivity index is 0.00000242. The quantitative estimate of drug-likeness (QED) is 0.464. The maximum atomic E-state index is 11.9. The number of rotatable bonds is 7. The summed E-state index contributed by atoms with van der Waals surface area (Å²) in [7, 11) is 0. The van der Waals surface area contributed by atoms with Gasteiger partial charge in [-0.15, -0.1) is 23.6 Å². The second kappa shape index (κ2) is 8.58. The second-order valence-electron chi connectivity index (χ2n) is 4.87. The number of para-hydroxylation sites is 2. The Morgan fingerprint density at radius 2 is 1.95 bits per heavy atom. The fourth-order valence-electron chi connectivity index (χ4n) is 2.27. The Bertz CT molecular complexity index is 703. The van der Waals surface area contributed by atoms with Gasteiger partial charge < -0.3 is 9.30 Å². The third-order valence-corrected chi connectivity index (χ3v) is 3.33. The molecule has 1 N–H and O–H groups in total. The highest BCUT2D eigenvalue weighted by Crippen LogP contribution is 2.12. The average molecular weight is 368 g/mol. The van der Waals surface area contributed by atoms with Gasteiger partial charge in [0.2, 0.25) is 5.62 Å². The van der Waals surface area contributed by atoms with Gasteiger partial charge in [0.15, 0.2) is 0 Å². The van der Waals surface area contributed by atoms with Gasteiger partial charge in [0.05, 0.1) is 17.6 Å². The summed E-state index contributed by atoms with van der Waals surface area (Å²) in [5.74, 6) is -0.302. The van der Waals surface area contributed by atoms with Crippen LogP contribution >= 0.6 is 17.0 Å². The molecule has 1 heterocycles. The van der Waals surface area contributed by atoms with Crippen molar-refractivity contribution in [1.82, 2.24) is 9.13 Å². The van der Waals surface area contributed by atoms with Gasteiger partial charge in [0.1, 0.15) is 6.54 Å². The first kappa shape index (κ1) is 18.2. The number of carbonyl (C=O) groups is 1. The van der Waals surface area contributed by atoms with E-state index in [1.54, 1.807) is 10.6 Å². The second-order valence-corrected chi connectivity index (χ2v) is 4.87. The lowest BCUT2D eigenvalue weighted by Gasteiger charge is -2.05. The summed E-state index contributed by atoms with van der Waals surface area (Å²) in [5, 5.41) is 8.26. The van der Waals surface area contributed by atoms with Crippen LogP contribution < -0.4 is 5.62 Å². The van der Waals surface area contributed by atoms with Crippen LogP contribution in [0.2, 0.25) is 0 Å². The molecule has 0 amide bonds. The van der Waals surface area contributed by atoms with Gasteiger partial charge in [-0.3, -0.25) is 14.8 Å². The molecule has 120 valence electrons. The van der Waals surface area contributed by atoms with Gasteiger partial charge in [-0.25, -0.2) is 0 Å². The first-order chi connectivity index (χ1) is 10.2. The molecule has 0 aliphatic heterocycles. The number of nitrogens with one attached hydrogen (secondary N) is 1. The zero-order chi connectivity index (χ0) is 15.2. The van der Waals surface area contributed by atoms with Crippen LogP contribution in [0.3, 0.4) is 0 Å². The summed E-state index contributed by atoms with van der Waals surface area (Å²) in [6.45, 7) is 6.81. The lowest BCUT2D eigenvalue weighted by Crippen LogP contribution is -2.28. The summed E-state index contributed by atoms with van der Waals surface area (Å²) in [6.07, 6.45) is 3.60. The molecule has 2 aromatic rings. The van der Waals surface area contributed by atoms with Gasteiger partial charge in [-0.1, -0.05) is 31.6 Å². The molecule has 0 bridgehead atoms. The number of imidazole rings is 1. The molecule has 2 rings (SSSR count). The number of benzene rings is 1. The van der Waals surface area contributed by atoms with Crippen LogP contribution in [0.4, 0.5) is 0 Å². The van der Waals surface area contributed by atoms with Crippen molar-refractivity contribution in [2.45, 2.75) is 32.9 Å². The number of unbranched alkanes of at least 4 members (excludes halogenated alkanes) is 1. The monoisotopic (exact) mass is 367 g/mol. The third kappa shape index (κ3) is 3.88. The van der Waals surface area contributed by atoms with Gasteiger partial charge in [0, 0.05) is 6.54 Å². The molecule has 0 unspecified atom stereocenters. The topological polar surface area (TPSA) is 60.0 Å². The SMILES string of the molecule is Br.C=CCn1c(=N)n(CC(=O)OCCCC)c2ccccc21. The van der Waals surface area contributed by atoms with Gasteiger partial charge in [0.25, 0.3) is 0 Å². The van der Waals surface area contributed by atoms with Crippen LogP contribution in [-0.2, 0) is 22.6 Å². The summed E-state index contributed by atoms with van der Waals surface area (Å²) >= 11 is 0. The summed E-state index contributed by atoms with van der Waals surface area (Å²) in [4.78, 5) is 11.9. The lowest BCUT2D eigenvalue weighted by molar-refractivity contribution is -0.144. The molecule has 5 nitrogen and oxygen atoms in total. The van der Waals surface area contributed by atoms with Crippen LogP contribution in [0.15, 0.2) is 36.9 Å². The summed E-state index contributed by atoms with van der Waals surface area (Å²) in [6, 6.07) is 7.67. The number of allylic oxidation sites excluding steroid dienone is 1. The van der Waals surface area contributed by atoms with E-state index in [1.807, 2.05) is 35.8 Å². The molecule has 0 aliphatic rings. The van der Waals surface area contributed by atoms with E-state index in [0.29, 0.717) is 13.2 Å². The molecular formula is C16H22BrN3O2. The molecule has 0 spiro atoms. The average Bonchev–Trinajstić information content (AvgIpc) is 2.74. The normalized spacial score (nSPS) is 10.2. The fourth-order valence-corrected chi connectivity index (χ4v) is 2.27. The van der Waals surface area contributed by atoms with Crippen LogP contribution in [0.1, 0.15) is 19.8 Å². The van der Waals surface area contributed by atoms with E-state index in [2.05, 4.69) is 6.58 Å². The Kier molecular flexibility index (Phi) is 7.11. The van der Waals surface area contributed by atoms with E-state index in [4.69, 9.17) is 10.1 Å². The summed E-state index contributed by atoms with van der Waals surface area (Å²) in [5.41, 5.74) is 2.06. The lowest BCUT2D eigenvalue weighted by atomic mass is 10.3. The van der Waals surface area contributed by atoms with E-state index < -0.39 is 0 Å². The van der Waals surface area contributed by atoms with Crippen LogP contribution in [0.25, 0.3) is 11.0 Å². The van der Waals surface area contributed by atoms with Crippen molar-refractivity contribution in [2.75, 3.05) is 6.61 Å². The molecule has 1 aromatic heterocycles. The predicted octanol–water partition coefficient (Wildman–Crippen LogP) is 3.03. The minimum Gasteiger partial charge on any atom is -0.464 e. The van der Waals surface area contributed by atoms with Gasteiger partial charge in [-0.2, -0.15) is 0 Å². The van der Waals surface area contributed by atoms with Crippen LogP contribution in [0, 0.1) is 5.41 Å². The number of esters is 1. The maximum Gasteiger partial charge on any atom is 0.326 e. The number of fused-ring (bicyclic) bond motifs is 1. The van der Waals surface area contributed by atoms with Gasteiger partial charge in [-0.05, 0) is 18.6 Å². The summed E-state index contributed by atoms with van der Waals surface area (Å²) < 4.78 is 8.68. The molecule has 0 radical (unpaired) electrons. The Morgan fingerprint density at radius 1 is 1.32 bits per heavy atom. The minimum atomic E-state index is -0.302. The van der Waals surface area contributed by atoms with Crippen molar-refractivity contribution < 1.29 is 9.53 Å². The zero-order valence-corrected chi connectivity index (χ0v) is 14.5. The number of hydrogen-bond donors (Lipinski definition) is 1. The molecule has 0 saturated heterocycles. The predicted molar refractivity (Wildman–Crippen MR) is 92.2 cm³/mol. The molecule has 1 aromatic carbocycles. The first-order valence-corrected chi connectivity index (χ1v) is 7.18. The number of hydrogen-bond acceptors (Lipinski definition) is 3. The number of aromatic nitrogens is 2. The standard InChI is InChI=1S/C16H21N3O2.BrH/c1-3-5-11-21-15(20)12-19-14-9-7-6-8-13(14)18(10-4-2)16(19)17;/h4,6-9,17H,2-3,5,10-12H2,1H3;1H. The number of nitrogens with zero attached hydrogens (tertiary/aromatic N) is 2. The first-order valence-electron chi connectivity index (χ1n) is 7.18. The largest absolute Gasteiger partial charge is 0.464 e. The smallest absolute Gasteiger partial charge is 0.326 e. The highest BCUT2D eigenvalue weighted by molar-refractivity contribution is 8.93. The fraction of sp³-hybridized carbons (Fsp3) is 0.375. The molecular weight excluding hydrogens is 346 g/mol. The van der Waals surface area contributed by atoms with Crippen molar-refractivity contribution in [3.8, 4) is 0 Å². The molecule has 0 fully saturated rings. The van der Waals surface area contributed by atoms with Crippen LogP contribution in [-0.4, -0.2) is 21.7 Å². The Morgan fingerprint density at radius 3 is 2.55 bits per heavy atom. The van der Waals surface area contributed by atoms with Crippen molar-refractivity contribution >= 4 is 34.0 Å². The van der Waals surface area contributed by atoms with Crippen molar-refractivity contribution in [3.63, 3.8) is 0 Å². The van der Waals surface area contributed by atoms with Crippen molar-refractivity contribution in [1.29, 1.82) is 5.41 Å². The molecule has 0 atom stereocenters. The molecule has 0 aliphatic carbocycles. The highest BCUT2D eigenvalue weighted by Gasteiger charge is 2.13. The number of halogens is 1. The van der Waals surface area contributed by atoms with Crippen molar-refractivity contribution in [3.05, 3.63) is 42.5 Å². The van der Waals surface area contributed by atoms with Gasteiger partial charge >= 0.3 is 5.97 Å². The van der Waals surface area contributed by atoms with E-state index >= 15 is 0 Å². The van der Waals surface area contributed by atoms with Crippen LogP contribution in [0.5, 0.6) is 0 Å². The highest BCUT2D eigenvalue weighted by atomic mass is 79.9. The Labute approximate surface area is 140 Å². The molecule has 6 heteroatoms. The maximum absolute atomic E-state index is 11.9. The van der Waals surface area contributed by atoms with E-state index in [-0.39, 0.29) is 35.1 Å². The Hall–Kier alpha value is -1.82. The minimum absolute atomic E-state index is 0. The van der Waals surface area contributed by atoms with Crippen molar-refractivity contribution in [2.24, 2.45) is 0 Å². The van der Waals surface area contributed by atoms with E-state index in [0.717, 1.165) is 23.9 Å². The third-order valence-electron chi connectivity index (χ3n) is 3.33. The van der Waals surface area contributed by atoms with E-state index in [1.165, 1.54) is 0 Å². The number of ether oxygens (including phenoxy) is 1. The molecule has 0 saturated carbocycles. The van der Waals surface area contributed by atoms with E-state index in [9.17, 15) is 4.79 Å². The number of carbonyl (C=O) groups excluding carboxylic acids is 1.